The standard InChI is InChI=1S/C18H20N2S/c1-12-5-4-6-15(9-12)13(2)20-14(3)16-10-18-17(19-11-16)7-8-21-18/h4-11,13-14,20H,1-3H3/t13-,14?/m1/s1. The van der Waals surface area contributed by atoms with Gasteiger partial charge in [0.15, 0.2) is 0 Å². The van der Waals surface area contributed by atoms with Crippen LogP contribution in [0.15, 0.2) is 48.0 Å². The summed E-state index contributed by atoms with van der Waals surface area (Å²) in [4.78, 5) is 4.53. The zero-order valence-electron chi connectivity index (χ0n) is 12.6. The van der Waals surface area contributed by atoms with E-state index in [9.17, 15) is 0 Å². The van der Waals surface area contributed by atoms with Gasteiger partial charge in [0.1, 0.15) is 0 Å². The molecule has 3 rings (SSSR count). The number of hydrogen-bond acceptors (Lipinski definition) is 3. The van der Waals surface area contributed by atoms with E-state index in [2.05, 4.69) is 72.9 Å². The van der Waals surface area contributed by atoms with Crippen LogP contribution in [0.4, 0.5) is 0 Å². The number of pyridine rings is 1. The van der Waals surface area contributed by atoms with Crippen LogP contribution in [-0.4, -0.2) is 4.98 Å². The quantitative estimate of drug-likeness (QED) is 0.731. The Hall–Kier alpha value is -1.71. The SMILES string of the molecule is Cc1cccc([C@@H](C)NC(C)c2cnc3ccsc3c2)c1. The lowest BCUT2D eigenvalue weighted by molar-refractivity contribution is 0.494. The van der Waals surface area contributed by atoms with Crippen molar-refractivity contribution in [2.45, 2.75) is 32.9 Å². The first-order valence-electron chi connectivity index (χ1n) is 7.29. The van der Waals surface area contributed by atoms with Crippen LogP contribution >= 0.6 is 11.3 Å². The molecular weight excluding hydrogens is 276 g/mol. The zero-order valence-corrected chi connectivity index (χ0v) is 13.4. The topological polar surface area (TPSA) is 24.9 Å². The van der Waals surface area contributed by atoms with Gasteiger partial charge in [-0.05, 0) is 49.4 Å². The number of rotatable bonds is 4. The summed E-state index contributed by atoms with van der Waals surface area (Å²) in [7, 11) is 0. The first-order chi connectivity index (χ1) is 10.1. The molecule has 0 bridgehead atoms. The van der Waals surface area contributed by atoms with Crippen molar-refractivity contribution in [2.24, 2.45) is 0 Å². The van der Waals surface area contributed by atoms with E-state index in [-0.39, 0.29) is 6.04 Å². The average Bonchev–Trinajstić information content (AvgIpc) is 2.94. The second-order valence-electron chi connectivity index (χ2n) is 5.60. The first-order valence-corrected chi connectivity index (χ1v) is 8.17. The van der Waals surface area contributed by atoms with Crippen molar-refractivity contribution in [1.82, 2.24) is 10.3 Å². The lowest BCUT2D eigenvalue weighted by Gasteiger charge is -2.21. The molecule has 0 fully saturated rings. The minimum absolute atomic E-state index is 0.277. The van der Waals surface area contributed by atoms with E-state index in [0.29, 0.717) is 6.04 Å². The third-order valence-electron chi connectivity index (χ3n) is 3.87. The maximum absolute atomic E-state index is 4.53. The summed E-state index contributed by atoms with van der Waals surface area (Å²) in [6, 6.07) is 13.6. The van der Waals surface area contributed by atoms with Crippen molar-refractivity contribution in [3.63, 3.8) is 0 Å². The van der Waals surface area contributed by atoms with Crippen LogP contribution in [0.3, 0.4) is 0 Å². The van der Waals surface area contributed by atoms with Crippen molar-refractivity contribution in [3.05, 3.63) is 64.7 Å². The molecule has 1 unspecified atom stereocenters. The smallest absolute Gasteiger partial charge is 0.0809 e. The molecule has 108 valence electrons. The molecule has 2 heterocycles. The summed E-state index contributed by atoms with van der Waals surface area (Å²) < 4.78 is 1.25. The third kappa shape index (κ3) is 3.14. The summed E-state index contributed by atoms with van der Waals surface area (Å²) >= 11 is 1.75. The largest absolute Gasteiger partial charge is 0.304 e. The monoisotopic (exact) mass is 296 g/mol. The second-order valence-corrected chi connectivity index (χ2v) is 6.54. The number of fused-ring (bicyclic) bond motifs is 1. The number of thiophene rings is 1. The summed E-state index contributed by atoms with van der Waals surface area (Å²) in [5.74, 6) is 0. The number of nitrogens with one attached hydrogen (secondary N) is 1. The molecule has 2 nitrogen and oxygen atoms in total. The van der Waals surface area contributed by atoms with Gasteiger partial charge in [0.2, 0.25) is 0 Å². The van der Waals surface area contributed by atoms with Gasteiger partial charge in [-0.2, -0.15) is 0 Å². The molecule has 2 atom stereocenters. The molecule has 1 aromatic carbocycles. The van der Waals surface area contributed by atoms with Gasteiger partial charge in [-0.15, -0.1) is 11.3 Å². The fourth-order valence-electron chi connectivity index (χ4n) is 2.61. The Kier molecular flexibility index (Phi) is 4.04. The molecule has 0 saturated carbocycles. The summed E-state index contributed by atoms with van der Waals surface area (Å²) in [6.45, 7) is 6.54. The highest BCUT2D eigenvalue weighted by Crippen LogP contribution is 2.24. The van der Waals surface area contributed by atoms with Crippen molar-refractivity contribution < 1.29 is 0 Å². The Morgan fingerprint density at radius 3 is 2.67 bits per heavy atom. The molecule has 3 aromatic rings. The first kappa shape index (κ1) is 14.2. The molecule has 0 radical (unpaired) electrons. The van der Waals surface area contributed by atoms with E-state index in [1.807, 2.05) is 6.20 Å². The zero-order chi connectivity index (χ0) is 14.8. The Balaban J connectivity index is 1.77. The molecule has 3 heteroatoms. The maximum atomic E-state index is 4.53. The predicted molar refractivity (Wildman–Crippen MR) is 90.8 cm³/mol. The molecule has 1 N–H and O–H groups in total. The molecule has 21 heavy (non-hydrogen) atoms. The highest BCUT2D eigenvalue weighted by Gasteiger charge is 2.12. The lowest BCUT2D eigenvalue weighted by atomic mass is 10.0. The number of nitrogens with zero attached hydrogens (tertiary/aromatic N) is 1. The maximum Gasteiger partial charge on any atom is 0.0809 e. The molecular formula is C18H20N2S. The fraction of sp³-hybridized carbons (Fsp3) is 0.278. The number of hydrogen-bond donors (Lipinski definition) is 1. The molecule has 0 aliphatic heterocycles. The van der Waals surface area contributed by atoms with Crippen LogP contribution in [0.5, 0.6) is 0 Å². The molecule has 0 aliphatic carbocycles. The van der Waals surface area contributed by atoms with Crippen LogP contribution in [-0.2, 0) is 0 Å². The van der Waals surface area contributed by atoms with Crippen LogP contribution in [0.25, 0.3) is 10.2 Å². The second kappa shape index (κ2) is 5.96. The number of benzene rings is 1. The van der Waals surface area contributed by atoms with E-state index >= 15 is 0 Å². The molecule has 2 aromatic heterocycles. The Labute approximate surface area is 129 Å². The van der Waals surface area contributed by atoms with E-state index in [1.165, 1.54) is 21.4 Å². The van der Waals surface area contributed by atoms with Crippen molar-refractivity contribution in [1.29, 1.82) is 0 Å². The Bertz CT molecular complexity index is 748. The molecule has 0 amide bonds. The molecule has 0 aliphatic rings. The van der Waals surface area contributed by atoms with Crippen molar-refractivity contribution in [2.75, 3.05) is 0 Å². The number of aromatic nitrogens is 1. The van der Waals surface area contributed by atoms with Gasteiger partial charge in [0.05, 0.1) is 10.2 Å². The predicted octanol–water partition coefficient (Wildman–Crippen LogP) is 5.02. The van der Waals surface area contributed by atoms with Crippen molar-refractivity contribution >= 4 is 21.6 Å². The van der Waals surface area contributed by atoms with Crippen LogP contribution < -0.4 is 5.32 Å². The number of aryl methyl sites for hydroxylation is 1. The minimum atomic E-state index is 0.277. The van der Waals surface area contributed by atoms with Gasteiger partial charge in [-0.1, -0.05) is 29.8 Å². The normalized spacial score (nSPS) is 14.2. The van der Waals surface area contributed by atoms with E-state index in [1.54, 1.807) is 11.3 Å². The highest BCUT2D eigenvalue weighted by molar-refractivity contribution is 7.17. The van der Waals surface area contributed by atoms with E-state index in [0.717, 1.165) is 5.52 Å². The summed E-state index contributed by atoms with van der Waals surface area (Å²) in [6.07, 6.45) is 1.98. The lowest BCUT2D eigenvalue weighted by Crippen LogP contribution is -2.22. The van der Waals surface area contributed by atoms with E-state index < -0.39 is 0 Å². The van der Waals surface area contributed by atoms with Crippen LogP contribution in [0, 0.1) is 6.92 Å². The summed E-state index contributed by atoms with van der Waals surface area (Å²) in [5, 5.41) is 5.75. The average molecular weight is 296 g/mol. The highest BCUT2D eigenvalue weighted by atomic mass is 32.1. The van der Waals surface area contributed by atoms with Gasteiger partial charge in [-0.25, -0.2) is 0 Å². The Morgan fingerprint density at radius 2 is 1.86 bits per heavy atom. The van der Waals surface area contributed by atoms with Gasteiger partial charge in [0.25, 0.3) is 0 Å². The van der Waals surface area contributed by atoms with Crippen LogP contribution in [0.1, 0.15) is 42.6 Å². The van der Waals surface area contributed by atoms with Crippen molar-refractivity contribution in [3.8, 4) is 0 Å². The fourth-order valence-corrected chi connectivity index (χ4v) is 3.39. The minimum Gasteiger partial charge on any atom is -0.304 e. The Morgan fingerprint density at radius 1 is 1.05 bits per heavy atom. The van der Waals surface area contributed by atoms with Gasteiger partial charge in [-0.3, -0.25) is 4.98 Å². The van der Waals surface area contributed by atoms with Gasteiger partial charge >= 0.3 is 0 Å². The third-order valence-corrected chi connectivity index (χ3v) is 4.72. The van der Waals surface area contributed by atoms with E-state index in [4.69, 9.17) is 0 Å². The summed E-state index contributed by atoms with van der Waals surface area (Å²) in [5.41, 5.74) is 4.95. The molecule has 0 spiro atoms. The molecule has 0 saturated heterocycles. The van der Waals surface area contributed by atoms with Crippen LogP contribution in [0.2, 0.25) is 0 Å². The van der Waals surface area contributed by atoms with Gasteiger partial charge in [0, 0.05) is 18.3 Å². The van der Waals surface area contributed by atoms with Gasteiger partial charge < -0.3 is 5.32 Å².